The molecule has 3 N–H and O–H groups in total. The van der Waals surface area contributed by atoms with E-state index in [1.165, 1.54) is 57.8 Å². The molecule has 0 saturated carbocycles. The lowest BCUT2D eigenvalue weighted by Crippen LogP contribution is -2.40. The molecule has 0 fully saturated rings. The molecular formula is C25H47N2O6S+. The highest BCUT2D eigenvalue weighted by Crippen LogP contribution is 2.14. The van der Waals surface area contributed by atoms with Crippen LogP contribution in [0.25, 0.3) is 0 Å². The van der Waals surface area contributed by atoms with Gasteiger partial charge in [0.25, 0.3) is 10.1 Å². The number of allylic oxidation sites excluding steroid dienone is 2. The summed E-state index contributed by atoms with van der Waals surface area (Å²) in [6.45, 7) is 3.27. The van der Waals surface area contributed by atoms with Crippen LogP contribution in [-0.2, 0) is 14.9 Å². The van der Waals surface area contributed by atoms with Crippen molar-refractivity contribution >= 4 is 21.7 Å². The number of carbonyl (C=O) groups excluding carboxylic acids is 1. The van der Waals surface area contributed by atoms with E-state index >= 15 is 0 Å². The highest BCUT2D eigenvalue weighted by molar-refractivity contribution is 7.85. The predicted octanol–water partition coefficient (Wildman–Crippen LogP) is 3.17. The molecule has 0 amide bonds. The van der Waals surface area contributed by atoms with E-state index in [1.807, 2.05) is 0 Å². The molecule has 198 valence electrons. The number of amidine groups is 1. The van der Waals surface area contributed by atoms with Crippen molar-refractivity contribution in [3.63, 3.8) is 0 Å². The van der Waals surface area contributed by atoms with Gasteiger partial charge in [-0.1, -0.05) is 69.9 Å². The van der Waals surface area contributed by atoms with Crippen LogP contribution < -0.4 is 0 Å². The average Bonchev–Trinajstić information content (AvgIpc) is 3.14. The number of nitrogens with zero attached hydrogens (tertiary/aromatic N) is 2. The zero-order chi connectivity index (χ0) is 25.2. The van der Waals surface area contributed by atoms with E-state index in [1.54, 1.807) is 9.48 Å². The quantitative estimate of drug-likeness (QED) is 0.0953. The minimum absolute atomic E-state index is 0.0422. The molecule has 0 aliphatic carbocycles. The number of Topliss-reactive ketones (excluding diaryl/α,β-unsaturated/α-hetero) is 1. The van der Waals surface area contributed by atoms with E-state index in [2.05, 4.69) is 19.1 Å². The first-order chi connectivity index (χ1) is 16.3. The third kappa shape index (κ3) is 14.2. The molecule has 0 radical (unpaired) electrons. The second-order valence-electron chi connectivity index (χ2n) is 9.30. The molecule has 1 heterocycles. The van der Waals surface area contributed by atoms with Gasteiger partial charge in [0.1, 0.15) is 38.0 Å². The molecule has 1 aliphatic rings. The number of ketones is 1. The van der Waals surface area contributed by atoms with Gasteiger partial charge in [-0.05, 0) is 26.2 Å². The molecule has 0 aromatic rings. The Morgan fingerprint density at radius 2 is 1.59 bits per heavy atom. The van der Waals surface area contributed by atoms with E-state index < -0.39 is 22.0 Å². The molecule has 1 atom stereocenters. The van der Waals surface area contributed by atoms with Crippen molar-refractivity contribution in [1.29, 1.82) is 0 Å². The Kier molecular flexibility index (Phi) is 16.3. The van der Waals surface area contributed by atoms with E-state index in [9.17, 15) is 23.4 Å². The van der Waals surface area contributed by atoms with Crippen LogP contribution in [0.5, 0.6) is 0 Å². The summed E-state index contributed by atoms with van der Waals surface area (Å²) in [5.41, 5.74) is 0. The van der Waals surface area contributed by atoms with Crippen molar-refractivity contribution in [3.05, 3.63) is 12.2 Å². The molecule has 0 saturated heterocycles. The molecule has 1 rings (SSSR count). The number of aliphatic hydroxyl groups excluding tert-OH is 2. The summed E-state index contributed by atoms with van der Waals surface area (Å²) in [5.74, 6) is -0.366. The summed E-state index contributed by atoms with van der Waals surface area (Å²) in [5, 5.41) is 19.3. The minimum atomic E-state index is -4.29. The summed E-state index contributed by atoms with van der Waals surface area (Å²) in [7, 11) is -4.29. The normalized spacial score (nSPS) is 15.6. The van der Waals surface area contributed by atoms with Crippen molar-refractivity contribution in [2.45, 2.75) is 96.5 Å². The minimum Gasteiger partial charge on any atom is -0.392 e. The van der Waals surface area contributed by atoms with Gasteiger partial charge in [0.15, 0.2) is 0 Å². The average molecular weight is 504 g/mol. The molecule has 0 aromatic heterocycles. The van der Waals surface area contributed by atoms with Crippen molar-refractivity contribution < 1.29 is 32.6 Å². The number of rotatable bonds is 21. The highest BCUT2D eigenvalue weighted by Gasteiger charge is 2.36. The predicted molar refractivity (Wildman–Crippen MR) is 136 cm³/mol. The standard InChI is InChI=1S/C25H46N2O6S/c1-2-3-4-5-6-7-8-9-10-11-12-13-14-15-16-24(30)25-26(19-20-28)17-18-27(25)21-23(29)22-34(31,32)33/h2-3,23,28-29H,4-22H2,1H3/p+1/b3-2+. The lowest BCUT2D eigenvalue weighted by molar-refractivity contribution is -0.525. The number of β-amino-alcohol motifs (C(OH)–C–C–N with tert-alkyl or cyclic N) is 2. The molecule has 8 nitrogen and oxygen atoms in total. The summed E-state index contributed by atoms with van der Waals surface area (Å²) in [4.78, 5) is 14.7. The Morgan fingerprint density at radius 1 is 1.03 bits per heavy atom. The molecule has 0 spiro atoms. The Bertz CT molecular complexity index is 736. The number of unbranched alkanes of at least 4 members (excludes halogenated alkanes) is 11. The molecule has 34 heavy (non-hydrogen) atoms. The largest absolute Gasteiger partial charge is 0.392 e. The Morgan fingerprint density at radius 3 is 2.12 bits per heavy atom. The van der Waals surface area contributed by atoms with Crippen molar-refractivity contribution in [2.75, 3.05) is 38.5 Å². The van der Waals surface area contributed by atoms with Crippen LogP contribution in [0.4, 0.5) is 0 Å². The van der Waals surface area contributed by atoms with Crippen molar-refractivity contribution in [2.24, 2.45) is 0 Å². The van der Waals surface area contributed by atoms with Gasteiger partial charge in [0.2, 0.25) is 5.78 Å². The van der Waals surface area contributed by atoms with Crippen LogP contribution >= 0.6 is 0 Å². The Hall–Kier alpha value is -1.29. The maximum Gasteiger partial charge on any atom is 0.316 e. The lowest BCUT2D eigenvalue weighted by Gasteiger charge is -2.13. The SMILES string of the molecule is C/C=C/CCCCCCCCCCCCCC(=O)C1=[N+](CC(O)CS(=O)(=O)O)CCN1CCO. The molecule has 1 aliphatic heterocycles. The maximum absolute atomic E-state index is 12.9. The molecule has 1 unspecified atom stereocenters. The fourth-order valence-electron chi connectivity index (χ4n) is 4.49. The van der Waals surface area contributed by atoms with Gasteiger partial charge in [-0.2, -0.15) is 8.42 Å². The first-order valence-corrected chi connectivity index (χ1v) is 14.6. The van der Waals surface area contributed by atoms with E-state index in [0.717, 1.165) is 19.3 Å². The molecule has 0 aromatic carbocycles. The smallest absolute Gasteiger partial charge is 0.316 e. The number of hydrogen-bond donors (Lipinski definition) is 3. The van der Waals surface area contributed by atoms with Crippen molar-refractivity contribution in [1.82, 2.24) is 4.90 Å². The third-order valence-corrected chi connectivity index (χ3v) is 7.01. The summed E-state index contributed by atoms with van der Waals surface area (Å²) >= 11 is 0. The van der Waals surface area contributed by atoms with E-state index in [4.69, 9.17) is 4.55 Å². The first kappa shape index (κ1) is 30.7. The summed E-state index contributed by atoms with van der Waals surface area (Å²) in [6.07, 6.45) is 17.9. The van der Waals surface area contributed by atoms with E-state index in [0.29, 0.717) is 31.9 Å². The number of hydrogen-bond acceptors (Lipinski definition) is 6. The summed E-state index contributed by atoms with van der Waals surface area (Å²) in [6, 6.07) is 0. The van der Waals surface area contributed by atoms with Crippen LogP contribution in [0.3, 0.4) is 0 Å². The third-order valence-electron chi connectivity index (χ3n) is 6.20. The van der Waals surface area contributed by atoms with Gasteiger partial charge in [0.05, 0.1) is 6.61 Å². The molecule has 9 heteroatoms. The van der Waals surface area contributed by atoms with Crippen LogP contribution in [0, 0.1) is 0 Å². The van der Waals surface area contributed by atoms with Crippen LogP contribution in [0.15, 0.2) is 12.2 Å². The van der Waals surface area contributed by atoms with Crippen LogP contribution in [-0.4, -0.2) is 88.9 Å². The Labute approximate surface area is 206 Å². The van der Waals surface area contributed by atoms with Crippen molar-refractivity contribution in [3.8, 4) is 0 Å². The van der Waals surface area contributed by atoms with Gasteiger partial charge in [-0.15, -0.1) is 0 Å². The fourth-order valence-corrected chi connectivity index (χ4v) is 5.08. The van der Waals surface area contributed by atoms with Gasteiger partial charge in [0, 0.05) is 6.42 Å². The lowest BCUT2D eigenvalue weighted by atomic mass is 10.0. The van der Waals surface area contributed by atoms with Crippen LogP contribution in [0.2, 0.25) is 0 Å². The molecule has 0 bridgehead atoms. The highest BCUT2D eigenvalue weighted by atomic mass is 32.2. The second kappa shape index (κ2) is 18.0. The van der Waals surface area contributed by atoms with E-state index in [-0.39, 0.29) is 18.9 Å². The monoisotopic (exact) mass is 503 g/mol. The van der Waals surface area contributed by atoms with Gasteiger partial charge in [-0.3, -0.25) is 18.8 Å². The number of carbonyl (C=O) groups is 1. The van der Waals surface area contributed by atoms with Crippen LogP contribution in [0.1, 0.15) is 90.4 Å². The fraction of sp³-hybridized carbons (Fsp3) is 0.840. The second-order valence-corrected chi connectivity index (χ2v) is 10.8. The molecular weight excluding hydrogens is 456 g/mol. The van der Waals surface area contributed by atoms with Gasteiger partial charge < -0.3 is 10.2 Å². The zero-order valence-corrected chi connectivity index (χ0v) is 21.9. The van der Waals surface area contributed by atoms with Gasteiger partial charge >= 0.3 is 5.84 Å². The zero-order valence-electron chi connectivity index (χ0n) is 21.0. The Balaban J connectivity index is 2.27. The maximum atomic E-state index is 12.9. The topological polar surface area (TPSA) is 118 Å². The summed E-state index contributed by atoms with van der Waals surface area (Å²) < 4.78 is 32.6. The van der Waals surface area contributed by atoms with Gasteiger partial charge in [-0.25, -0.2) is 0 Å². The first-order valence-electron chi connectivity index (χ1n) is 13.0. The number of aliphatic hydroxyl groups is 2.